The summed E-state index contributed by atoms with van der Waals surface area (Å²) in [5.41, 5.74) is 2.39. The summed E-state index contributed by atoms with van der Waals surface area (Å²) < 4.78 is 10.3. The summed E-state index contributed by atoms with van der Waals surface area (Å²) in [6, 6.07) is 16.2. The number of benzene rings is 2. The van der Waals surface area contributed by atoms with E-state index in [4.69, 9.17) is 9.47 Å². The van der Waals surface area contributed by atoms with Crippen molar-refractivity contribution < 1.29 is 9.47 Å². The fourth-order valence-corrected chi connectivity index (χ4v) is 1.85. The van der Waals surface area contributed by atoms with Crippen molar-refractivity contribution in [2.75, 3.05) is 14.2 Å². The molecule has 93 valence electrons. The number of hydrogen-bond donors (Lipinski definition) is 0. The largest absolute Gasteiger partial charge is 0.497 e. The molecule has 0 heterocycles. The molecule has 0 saturated heterocycles. The van der Waals surface area contributed by atoms with E-state index in [1.54, 1.807) is 14.2 Å². The monoisotopic (exact) mass is 241 g/mol. The average molecular weight is 241 g/mol. The highest BCUT2D eigenvalue weighted by molar-refractivity contribution is 5.47. The number of ether oxygens (including phenoxy) is 2. The van der Waals surface area contributed by atoms with E-state index in [9.17, 15) is 0 Å². The van der Waals surface area contributed by atoms with Gasteiger partial charge in [-0.15, -0.1) is 0 Å². The zero-order valence-corrected chi connectivity index (χ0v) is 10.9. The smallest absolute Gasteiger partial charge is 0.118 e. The fraction of sp³-hybridized carbons (Fsp3) is 0.188. The number of rotatable bonds is 4. The van der Waals surface area contributed by atoms with Crippen LogP contribution in [0.15, 0.2) is 48.5 Å². The van der Waals surface area contributed by atoms with Gasteiger partial charge in [-0.1, -0.05) is 31.2 Å². The second-order valence-electron chi connectivity index (χ2n) is 4.08. The van der Waals surface area contributed by atoms with Gasteiger partial charge in [0.15, 0.2) is 0 Å². The summed E-state index contributed by atoms with van der Waals surface area (Å²) in [4.78, 5) is 0. The van der Waals surface area contributed by atoms with Crippen LogP contribution in [0.2, 0.25) is 0 Å². The maximum atomic E-state index is 5.16. The third-order valence-corrected chi connectivity index (χ3v) is 3.05. The lowest BCUT2D eigenvalue weighted by Gasteiger charge is -2.12. The van der Waals surface area contributed by atoms with Crippen LogP contribution in [0.5, 0.6) is 11.5 Å². The standard InChI is InChI=1S/C16H17O2/c1-12(13-4-8-15(17-2)9-5-13)14-6-10-16(18-3)11-7-14/h4-11H,1-3H3. The van der Waals surface area contributed by atoms with Crippen LogP contribution >= 0.6 is 0 Å². The van der Waals surface area contributed by atoms with Crippen LogP contribution in [0.3, 0.4) is 0 Å². The first kappa shape index (κ1) is 12.5. The highest BCUT2D eigenvalue weighted by atomic mass is 16.5. The zero-order chi connectivity index (χ0) is 13.0. The van der Waals surface area contributed by atoms with Crippen molar-refractivity contribution in [3.63, 3.8) is 0 Å². The minimum absolute atomic E-state index is 0.876. The Kier molecular flexibility index (Phi) is 3.88. The quantitative estimate of drug-likeness (QED) is 0.812. The van der Waals surface area contributed by atoms with E-state index < -0.39 is 0 Å². The Morgan fingerprint density at radius 3 is 1.28 bits per heavy atom. The van der Waals surface area contributed by atoms with Crippen LogP contribution in [0, 0.1) is 5.92 Å². The van der Waals surface area contributed by atoms with Gasteiger partial charge in [-0.2, -0.15) is 0 Å². The molecule has 18 heavy (non-hydrogen) atoms. The Bertz CT molecular complexity index is 438. The first-order valence-corrected chi connectivity index (χ1v) is 5.87. The summed E-state index contributed by atoms with van der Waals surface area (Å²) in [7, 11) is 3.35. The Morgan fingerprint density at radius 2 is 1.00 bits per heavy atom. The molecule has 0 atom stereocenters. The Balaban J connectivity index is 2.20. The molecule has 2 heteroatoms. The van der Waals surface area contributed by atoms with Gasteiger partial charge < -0.3 is 9.47 Å². The first-order valence-electron chi connectivity index (χ1n) is 5.87. The molecule has 2 rings (SSSR count). The van der Waals surface area contributed by atoms with E-state index in [1.165, 1.54) is 17.0 Å². The van der Waals surface area contributed by atoms with E-state index in [0.717, 1.165) is 11.5 Å². The Morgan fingerprint density at radius 1 is 0.667 bits per heavy atom. The van der Waals surface area contributed by atoms with Crippen molar-refractivity contribution in [2.45, 2.75) is 6.92 Å². The molecule has 2 aromatic rings. The van der Waals surface area contributed by atoms with Gasteiger partial charge in [0.05, 0.1) is 14.2 Å². The molecule has 0 unspecified atom stereocenters. The molecule has 0 aliphatic rings. The van der Waals surface area contributed by atoms with Crippen molar-refractivity contribution in [1.82, 2.24) is 0 Å². The van der Waals surface area contributed by atoms with Crippen molar-refractivity contribution in [2.24, 2.45) is 0 Å². The van der Waals surface area contributed by atoms with Gasteiger partial charge in [0, 0.05) is 5.92 Å². The average Bonchev–Trinajstić information content (AvgIpc) is 2.47. The summed E-state index contributed by atoms with van der Waals surface area (Å²) in [5.74, 6) is 2.99. The number of hydrogen-bond acceptors (Lipinski definition) is 2. The second kappa shape index (κ2) is 5.58. The van der Waals surface area contributed by atoms with Crippen LogP contribution in [0.25, 0.3) is 0 Å². The lowest BCUT2D eigenvalue weighted by atomic mass is 9.93. The van der Waals surface area contributed by atoms with Gasteiger partial charge in [0.2, 0.25) is 0 Å². The minimum Gasteiger partial charge on any atom is -0.497 e. The molecule has 2 aromatic carbocycles. The third-order valence-electron chi connectivity index (χ3n) is 3.05. The Hall–Kier alpha value is -1.96. The zero-order valence-electron chi connectivity index (χ0n) is 10.9. The van der Waals surface area contributed by atoms with Crippen LogP contribution < -0.4 is 9.47 Å². The van der Waals surface area contributed by atoms with Gasteiger partial charge in [0.25, 0.3) is 0 Å². The van der Waals surface area contributed by atoms with Crippen LogP contribution in [0.1, 0.15) is 18.1 Å². The maximum absolute atomic E-state index is 5.16. The predicted octanol–water partition coefficient (Wildman–Crippen LogP) is 3.69. The van der Waals surface area contributed by atoms with Crippen LogP contribution in [0.4, 0.5) is 0 Å². The molecule has 0 spiro atoms. The summed E-state index contributed by atoms with van der Waals surface area (Å²) in [6.45, 7) is 2.11. The molecular formula is C16H17O2. The molecule has 0 fully saturated rings. The lowest BCUT2D eigenvalue weighted by molar-refractivity contribution is 0.414. The molecule has 0 aliphatic carbocycles. The topological polar surface area (TPSA) is 18.5 Å². The summed E-state index contributed by atoms with van der Waals surface area (Å²) >= 11 is 0. The molecule has 0 amide bonds. The second-order valence-corrected chi connectivity index (χ2v) is 4.08. The minimum atomic E-state index is 0.876. The molecule has 2 nitrogen and oxygen atoms in total. The normalized spacial score (nSPS) is 10.4. The first-order chi connectivity index (χ1) is 8.74. The molecule has 0 aromatic heterocycles. The van der Waals surface area contributed by atoms with E-state index in [0.29, 0.717) is 0 Å². The highest BCUT2D eigenvalue weighted by Gasteiger charge is 2.09. The van der Waals surface area contributed by atoms with E-state index in [2.05, 4.69) is 31.2 Å². The van der Waals surface area contributed by atoms with Crippen molar-refractivity contribution in [1.29, 1.82) is 0 Å². The van der Waals surface area contributed by atoms with Gasteiger partial charge in [-0.25, -0.2) is 0 Å². The molecular weight excluding hydrogens is 224 g/mol. The molecule has 0 aliphatic heterocycles. The Labute approximate surface area is 108 Å². The van der Waals surface area contributed by atoms with E-state index >= 15 is 0 Å². The molecule has 0 N–H and O–H groups in total. The number of methoxy groups -OCH3 is 2. The molecule has 1 radical (unpaired) electrons. The predicted molar refractivity (Wildman–Crippen MR) is 73.1 cm³/mol. The van der Waals surface area contributed by atoms with Gasteiger partial charge in [0.1, 0.15) is 11.5 Å². The van der Waals surface area contributed by atoms with Crippen molar-refractivity contribution in [3.05, 3.63) is 65.6 Å². The summed E-state index contributed by atoms with van der Waals surface area (Å²) in [5, 5.41) is 0. The van der Waals surface area contributed by atoms with Gasteiger partial charge >= 0.3 is 0 Å². The molecule has 0 saturated carbocycles. The van der Waals surface area contributed by atoms with Gasteiger partial charge in [-0.3, -0.25) is 0 Å². The van der Waals surface area contributed by atoms with Crippen LogP contribution in [-0.2, 0) is 0 Å². The van der Waals surface area contributed by atoms with Crippen LogP contribution in [-0.4, -0.2) is 14.2 Å². The van der Waals surface area contributed by atoms with E-state index in [-0.39, 0.29) is 0 Å². The van der Waals surface area contributed by atoms with Crippen molar-refractivity contribution >= 4 is 0 Å². The maximum Gasteiger partial charge on any atom is 0.118 e. The fourth-order valence-electron chi connectivity index (χ4n) is 1.85. The summed E-state index contributed by atoms with van der Waals surface area (Å²) in [6.07, 6.45) is 0. The van der Waals surface area contributed by atoms with Gasteiger partial charge in [-0.05, 0) is 35.4 Å². The third kappa shape index (κ3) is 2.65. The highest BCUT2D eigenvalue weighted by Crippen LogP contribution is 2.26. The van der Waals surface area contributed by atoms with Crippen molar-refractivity contribution in [3.8, 4) is 11.5 Å². The van der Waals surface area contributed by atoms with E-state index in [1.807, 2.05) is 24.3 Å². The lowest BCUT2D eigenvalue weighted by Crippen LogP contribution is -1.97. The molecule has 0 bridgehead atoms. The SMILES string of the molecule is COc1ccc([C](C)c2ccc(OC)cc2)cc1.